The van der Waals surface area contributed by atoms with Crippen LogP contribution in [0.15, 0.2) is 29.2 Å². The van der Waals surface area contributed by atoms with Crippen molar-refractivity contribution in [3.63, 3.8) is 0 Å². The number of halogens is 1. The Kier molecular flexibility index (Phi) is 3.65. The van der Waals surface area contributed by atoms with Crippen LogP contribution < -0.4 is 0 Å². The Morgan fingerprint density at radius 3 is 2.21 bits per heavy atom. The molecule has 0 spiro atoms. The summed E-state index contributed by atoms with van der Waals surface area (Å²) >= 11 is 0. The van der Waals surface area contributed by atoms with Gasteiger partial charge >= 0.3 is 10.1 Å². The van der Waals surface area contributed by atoms with Gasteiger partial charge < -0.3 is 0 Å². The molecule has 0 fully saturated rings. The van der Waals surface area contributed by atoms with E-state index >= 15 is 0 Å². The summed E-state index contributed by atoms with van der Waals surface area (Å²) in [5.41, 5.74) is 0.913. The molecule has 1 aromatic carbocycles. The minimum atomic E-state index is -4.01. The average molecular weight is 255 g/mol. The summed E-state index contributed by atoms with van der Waals surface area (Å²) in [6.45, 7) is 1.82. The number of hydrogen-bond acceptors (Lipinski definition) is 4. The molecular formula is C7H7ClO4S2. The van der Waals surface area contributed by atoms with E-state index in [0.717, 1.165) is 5.56 Å². The van der Waals surface area contributed by atoms with Gasteiger partial charge in [-0.3, -0.25) is 0 Å². The van der Waals surface area contributed by atoms with Crippen molar-refractivity contribution in [3.8, 4) is 0 Å². The summed E-state index contributed by atoms with van der Waals surface area (Å²) in [7, 11) is -1.45. The lowest BCUT2D eigenvalue weighted by atomic mass is 10.2. The molecule has 1 unspecified atom stereocenters. The summed E-state index contributed by atoms with van der Waals surface area (Å²) in [5.74, 6) is 0. The van der Waals surface area contributed by atoms with E-state index in [-0.39, 0.29) is 4.90 Å². The van der Waals surface area contributed by atoms with E-state index in [1.54, 1.807) is 12.1 Å². The molecule has 0 aliphatic heterocycles. The van der Waals surface area contributed by atoms with E-state index in [2.05, 4.69) is 3.63 Å². The Hall–Kier alpha value is -0.430. The zero-order valence-electron chi connectivity index (χ0n) is 7.14. The standard InChI is InChI=1S/C7H7ClO4S2/c1-6-2-4-7(5-3-6)14(10,11)12-13(8)9/h2-5H,1H3. The third-order valence-electron chi connectivity index (χ3n) is 1.45. The van der Waals surface area contributed by atoms with Crippen molar-refractivity contribution >= 4 is 31.1 Å². The van der Waals surface area contributed by atoms with E-state index < -0.39 is 20.4 Å². The van der Waals surface area contributed by atoms with Gasteiger partial charge in [0.25, 0.3) is 10.3 Å². The monoisotopic (exact) mass is 254 g/mol. The third kappa shape index (κ3) is 3.06. The lowest BCUT2D eigenvalue weighted by Gasteiger charge is -2.00. The maximum Gasteiger partial charge on any atom is 0.310 e. The summed E-state index contributed by atoms with van der Waals surface area (Å²) in [6, 6.07) is 5.92. The van der Waals surface area contributed by atoms with E-state index in [0.29, 0.717) is 0 Å². The Morgan fingerprint density at radius 2 is 1.79 bits per heavy atom. The first-order chi connectivity index (χ1) is 6.42. The highest BCUT2D eigenvalue weighted by atomic mass is 35.7. The number of rotatable bonds is 3. The Labute approximate surface area is 89.1 Å². The minimum Gasteiger partial charge on any atom is -0.210 e. The average Bonchev–Trinajstić information content (AvgIpc) is 2.02. The first kappa shape index (κ1) is 11.6. The van der Waals surface area contributed by atoms with Crippen molar-refractivity contribution < 1.29 is 16.3 Å². The number of aryl methyl sites for hydroxylation is 1. The molecule has 0 aliphatic carbocycles. The van der Waals surface area contributed by atoms with Gasteiger partial charge in [-0.05, 0) is 19.1 Å². The molecule has 4 nitrogen and oxygen atoms in total. The van der Waals surface area contributed by atoms with Gasteiger partial charge in [-0.2, -0.15) is 12.0 Å². The highest BCUT2D eigenvalue weighted by Gasteiger charge is 2.17. The van der Waals surface area contributed by atoms with Gasteiger partial charge in [-0.25, -0.2) is 4.21 Å². The fraction of sp³-hybridized carbons (Fsp3) is 0.143. The number of hydrogen-bond donors (Lipinski definition) is 0. The van der Waals surface area contributed by atoms with Gasteiger partial charge in [0, 0.05) is 10.7 Å². The molecule has 1 atom stereocenters. The summed E-state index contributed by atoms with van der Waals surface area (Å²) in [4.78, 5) is -0.0721. The lowest BCUT2D eigenvalue weighted by molar-refractivity contribution is 0.504. The molecule has 0 saturated heterocycles. The summed E-state index contributed by atoms with van der Waals surface area (Å²) in [6.07, 6.45) is 0. The smallest absolute Gasteiger partial charge is 0.210 e. The molecule has 0 bridgehead atoms. The maximum absolute atomic E-state index is 11.3. The Morgan fingerprint density at radius 1 is 1.29 bits per heavy atom. The highest BCUT2D eigenvalue weighted by molar-refractivity contribution is 8.10. The van der Waals surface area contributed by atoms with Gasteiger partial charge in [-0.15, -0.1) is 0 Å². The van der Waals surface area contributed by atoms with E-state index in [9.17, 15) is 12.6 Å². The van der Waals surface area contributed by atoms with Crippen LogP contribution in [0.2, 0.25) is 0 Å². The van der Waals surface area contributed by atoms with Crippen LogP contribution in [0.4, 0.5) is 0 Å². The van der Waals surface area contributed by atoms with Crippen LogP contribution in [0.25, 0.3) is 0 Å². The fourth-order valence-corrected chi connectivity index (χ4v) is 2.77. The molecule has 0 radical (unpaired) electrons. The molecule has 1 rings (SSSR count). The van der Waals surface area contributed by atoms with Crippen molar-refractivity contribution in [1.82, 2.24) is 0 Å². The van der Waals surface area contributed by atoms with Gasteiger partial charge in [-0.1, -0.05) is 17.7 Å². The zero-order chi connectivity index (χ0) is 10.8. The zero-order valence-corrected chi connectivity index (χ0v) is 9.53. The molecule has 14 heavy (non-hydrogen) atoms. The summed E-state index contributed by atoms with van der Waals surface area (Å²) in [5, 5.41) is 0. The van der Waals surface area contributed by atoms with Crippen LogP contribution in [0.3, 0.4) is 0 Å². The second-order valence-corrected chi connectivity index (χ2v) is 5.60. The normalized spacial score (nSPS) is 13.9. The maximum atomic E-state index is 11.3. The van der Waals surface area contributed by atoms with Gasteiger partial charge in [0.15, 0.2) is 0 Å². The Balaban J connectivity index is 3.05. The van der Waals surface area contributed by atoms with Crippen molar-refractivity contribution in [2.45, 2.75) is 11.8 Å². The second kappa shape index (κ2) is 4.39. The lowest BCUT2D eigenvalue weighted by Crippen LogP contribution is -2.05. The second-order valence-electron chi connectivity index (χ2n) is 2.53. The molecular weight excluding hydrogens is 248 g/mol. The molecule has 0 saturated carbocycles. The van der Waals surface area contributed by atoms with Crippen molar-refractivity contribution in [3.05, 3.63) is 29.8 Å². The van der Waals surface area contributed by atoms with Crippen LogP contribution in [0.1, 0.15) is 5.56 Å². The van der Waals surface area contributed by atoms with Crippen LogP contribution >= 0.6 is 10.7 Å². The minimum absolute atomic E-state index is 0.0721. The molecule has 0 N–H and O–H groups in total. The molecule has 7 heteroatoms. The van der Waals surface area contributed by atoms with Crippen molar-refractivity contribution in [1.29, 1.82) is 0 Å². The third-order valence-corrected chi connectivity index (χ3v) is 3.91. The fourth-order valence-electron chi connectivity index (χ4n) is 0.815. The van der Waals surface area contributed by atoms with Gasteiger partial charge in [0.2, 0.25) is 0 Å². The predicted octanol–water partition coefficient (Wildman–Crippen LogP) is 1.52. The predicted molar refractivity (Wildman–Crippen MR) is 53.4 cm³/mol. The van der Waals surface area contributed by atoms with E-state index in [1.165, 1.54) is 12.1 Å². The topological polar surface area (TPSA) is 60.4 Å². The molecule has 0 amide bonds. The quantitative estimate of drug-likeness (QED) is 0.768. The van der Waals surface area contributed by atoms with E-state index in [1.807, 2.05) is 6.92 Å². The van der Waals surface area contributed by atoms with Crippen LogP contribution in [0, 0.1) is 6.92 Å². The SMILES string of the molecule is Cc1ccc(S(=O)(=O)OS(=O)Cl)cc1. The molecule has 1 aromatic rings. The van der Waals surface area contributed by atoms with Gasteiger partial charge in [0.1, 0.15) is 0 Å². The number of benzene rings is 1. The van der Waals surface area contributed by atoms with Crippen LogP contribution in [-0.2, 0) is 24.0 Å². The molecule has 0 aromatic heterocycles. The van der Waals surface area contributed by atoms with Crippen molar-refractivity contribution in [2.75, 3.05) is 0 Å². The van der Waals surface area contributed by atoms with E-state index in [4.69, 9.17) is 10.7 Å². The van der Waals surface area contributed by atoms with Gasteiger partial charge in [0.05, 0.1) is 4.90 Å². The van der Waals surface area contributed by atoms with Crippen LogP contribution in [0.5, 0.6) is 0 Å². The highest BCUT2D eigenvalue weighted by Crippen LogP contribution is 2.15. The first-order valence-electron chi connectivity index (χ1n) is 3.51. The molecule has 78 valence electrons. The first-order valence-corrected chi connectivity index (χ1v) is 6.82. The molecule has 0 aliphatic rings. The van der Waals surface area contributed by atoms with Crippen LogP contribution in [-0.4, -0.2) is 12.6 Å². The largest absolute Gasteiger partial charge is 0.310 e. The van der Waals surface area contributed by atoms with Crippen molar-refractivity contribution in [2.24, 2.45) is 0 Å². The molecule has 0 heterocycles. The Bertz CT molecular complexity index is 437. The summed E-state index contributed by atoms with van der Waals surface area (Å²) < 4.78 is 37.0.